The number of phosphoric acid groups is 1. The molecular formula is C13H19O6P. The van der Waals surface area contributed by atoms with Crippen LogP contribution < -0.4 is 4.52 Å². The van der Waals surface area contributed by atoms with E-state index in [1.807, 2.05) is 13.8 Å². The highest BCUT2D eigenvalue weighted by Crippen LogP contribution is 2.44. The number of hydrogen-bond acceptors (Lipinski definition) is 5. The Labute approximate surface area is 118 Å². The number of benzene rings is 1. The normalized spacial score (nSPS) is 14.2. The molecule has 1 unspecified atom stereocenters. The topological polar surface area (TPSA) is 82.1 Å². The molecule has 0 aromatic heterocycles. The lowest BCUT2D eigenvalue weighted by atomic mass is 10.0. The van der Waals surface area contributed by atoms with Gasteiger partial charge in [-0.1, -0.05) is 44.5 Å². The van der Waals surface area contributed by atoms with Gasteiger partial charge >= 0.3 is 13.8 Å². The maximum Gasteiger partial charge on any atom is 0.564 e. The third kappa shape index (κ3) is 5.33. The molecule has 0 heterocycles. The predicted octanol–water partition coefficient (Wildman–Crippen LogP) is 3.42. The molecule has 20 heavy (non-hydrogen) atoms. The van der Waals surface area contributed by atoms with Gasteiger partial charge in [0, 0.05) is 0 Å². The van der Waals surface area contributed by atoms with Crippen molar-refractivity contribution in [3.63, 3.8) is 0 Å². The van der Waals surface area contributed by atoms with Gasteiger partial charge in [0.05, 0.1) is 5.92 Å². The van der Waals surface area contributed by atoms with Crippen molar-refractivity contribution in [2.75, 3.05) is 0 Å². The monoisotopic (exact) mass is 302 g/mol. The highest BCUT2D eigenvalue weighted by atomic mass is 31.2. The number of carbonyl (C=O) groups excluding carboxylic acids is 1. The average Bonchev–Trinajstić information content (AvgIpc) is 2.36. The van der Waals surface area contributed by atoms with Gasteiger partial charge in [-0.3, -0.25) is 9.78 Å². The van der Waals surface area contributed by atoms with Crippen molar-refractivity contribution in [3.05, 3.63) is 29.8 Å². The molecule has 0 radical (unpaired) electrons. The summed E-state index contributed by atoms with van der Waals surface area (Å²) in [4.78, 5) is 24.8. The Kier molecular flexibility index (Phi) is 5.74. The fourth-order valence-corrected chi connectivity index (χ4v) is 1.83. The molecule has 112 valence electrons. The largest absolute Gasteiger partial charge is 0.564 e. The smallest absolute Gasteiger partial charge is 0.402 e. The third-order valence-corrected chi connectivity index (χ3v) is 3.16. The summed E-state index contributed by atoms with van der Waals surface area (Å²) in [7, 11) is -4.49. The third-order valence-electron chi connectivity index (χ3n) is 2.45. The lowest BCUT2D eigenvalue weighted by Gasteiger charge is -2.13. The van der Waals surface area contributed by atoms with Crippen molar-refractivity contribution in [2.24, 2.45) is 5.92 Å². The van der Waals surface area contributed by atoms with E-state index in [0.29, 0.717) is 5.92 Å². The highest BCUT2D eigenvalue weighted by Gasteiger charge is 2.27. The first-order valence-corrected chi connectivity index (χ1v) is 7.73. The Morgan fingerprint density at radius 2 is 1.70 bits per heavy atom. The summed E-state index contributed by atoms with van der Waals surface area (Å²) < 4.78 is 20.5. The van der Waals surface area contributed by atoms with Crippen molar-refractivity contribution in [1.82, 2.24) is 0 Å². The Hall–Kier alpha value is -1.36. The first-order chi connectivity index (χ1) is 9.21. The number of rotatable bonds is 6. The molecule has 0 amide bonds. The lowest BCUT2D eigenvalue weighted by molar-refractivity contribution is -0.225. The minimum Gasteiger partial charge on any atom is -0.402 e. The van der Waals surface area contributed by atoms with Crippen molar-refractivity contribution < 1.29 is 28.3 Å². The average molecular weight is 302 g/mol. The van der Waals surface area contributed by atoms with Crippen LogP contribution in [0.1, 0.15) is 39.2 Å². The van der Waals surface area contributed by atoms with E-state index >= 15 is 0 Å². The molecule has 0 aliphatic heterocycles. The predicted molar refractivity (Wildman–Crippen MR) is 73.0 cm³/mol. The van der Waals surface area contributed by atoms with Gasteiger partial charge < -0.3 is 4.52 Å². The SMILES string of the molecule is CC(C)C(=O)OOP(=O)(O)Oc1ccc(C(C)C)cc1. The van der Waals surface area contributed by atoms with E-state index in [0.717, 1.165) is 5.56 Å². The van der Waals surface area contributed by atoms with Gasteiger partial charge in [0.1, 0.15) is 5.75 Å². The summed E-state index contributed by atoms with van der Waals surface area (Å²) in [6.07, 6.45) is 0. The van der Waals surface area contributed by atoms with Crippen molar-refractivity contribution >= 4 is 13.8 Å². The molecule has 1 rings (SSSR count). The molecule has 1 aromatic rings. The fourth-order valence-electron chi connectivity index (χ4n) is 1.24. The summed E-state index contributed by atoms with van der Waals surface area (Å²) in [6.45, 7) is 7.20. The van der Waals surface area contributed by atoms with Crippen LogP contribution in [0.4, 0.5) is 0 Å². The fraction of sp³-hybridized carbons (Fsp3) is 0.462. The maximum atomic E-state index is 11.6. The molecule has 1 aromatic carbocycles. The van der Waals surface area contributed by atoms with Crippen LogP contribution in [0.5, 0.6) is 5.75 Å². The molecular weight excluding hydrogens is 283 g/mol. The van der Waals surface area contributed by atoms with Crippen molar-refractivity contribution in [1.29, 1.82) is 0 Å². The molecule has 0 saturated heterocycles. The molecule has 0 spiro atoms. The molecule has 7 heteroatoms. The van der Waals surface area contributed by atoms with Gasteiger partial charge in [0.25, 0.3) is 0 Å². The molecule has 0 bridgehead atoms. The van der Waals surface area contributed by atoms with Crippen LogP contribution in [0, 0.1) is 5.92 Å². The molecule has 0 aliphatic rings. The Bertz CT molecular complexity index is 494. The van der Waals surface area contributed by atoms with Crippen molar-refractivity contribution in [2.45, 2.75) is 33.6 Å². The molecule has 0 fully saturated rings. The maximum absolute atomic E-state index is 11.6. The summed E-state index contributed by atoms with van der Waals surface area (Å²) in [5.41, 5.74) is 1.07. The van der Waals surface area contributed by atoms with Crippen LogP contribution in [0.2, 0.25) is 0 Å². The van der Waals surface area contributed by atoms with Crippen LogP contribution in [-0.4, -0.2) is 10.9 Å². The Balaban J connectivity index is 2.61. The van der Waals surface area contributed by atoms with E-state index in [4.69, 9.17) is 4.52 Å². The van der Waals surface area contributed by atoms with Gasteiger partial charge in [0.2, 0.25) is 0 Å². The van der Waals surface area contributed by atoms with E-state index in [1.54, 1.807) is 38.1 Å². The van der Waals surface area contributed by atoms with Gasteiger partial charge in [-0.25, -0.2) is 9.36 Å². The molecule has 0 aliphatic carbocycles. The highest BCUT2D eigenvalue weighted by molar-refractivity contribution is 7.47. The van der Waals surface area contributed by atoms with Crippen LogP contribution in [0.3, 0.4) is 0 Å². The van der Waals surface area contributed by atoms with Crippen molar-refractivity contribution in [3.8, 4) is 5.75 Å². The van der Waals surface area contributed by atoms with Crippen LogP contribution in [0.25, 0.3) is 0 Å². The first-order valence-electron chi connectivity index (χ1n) is 6.23. The summed E-state index contributed by atoms with van der Waals surface area (Å²) in [5.74, 6) is -0.729. The van der Waals surface area contributed by atoms with Crippen LogP contribution in [0.15, 0.2) is 24.3 Å². The number of hydrogen-bond donors (Lipinski definition) is 1. The Morgan fingerprint density at radius 3 is 2.15 bits per heavy atom. The summed E-state index contributed by atoms with van der Waals surface area (Å²) in [5, 5.41) is 0. The quantitative estimate of drug-likeness (QED) is 0.492. The first kappa shape index (κ1) is 16.7. The number of phosphoric ester groups is 1. The van der Waals surface area contributed by atoms with E-state index in [9.17, 15) is 14.3 Å². The molecule has 0 saturated carbocycles. The molecule has 1 N–H and O–H groups in total. The zero-order valence-corrected chi connectivity index (χ0v) is 12.8. The number of carbonyl (C=O) groups is 1. The van der Waals surface area contributed by atoms with Crippen LogP contribution in [-0.2, 0) is 18.9 Å². The van der Waals surface area contributed by atoms with E-state index in [2.05, 4.69) is 9.56 Å². The molecule has 6 nitrogen and oxygen atoms in total. The van der Waals surface area contributed by atoms with Gasteiger partial charge in [0.15, 0.2) is 0 Å². The lowest BCUT2D eigenvalue weighted by Crippen LogP contribution is -2.12. The molecule has 1 atom stereocenters. The minimum absolute atomic E-state index is 0.154. The van der Waals surface area contributed by atoms with E-state index in [-0.39, 0.29) is 5.75 Å². The van der Waals surface area contributed by atoms with Gasteiger partial charge in [-0.2, -0.15) is 0 Å². The van der Waals surface area contributed by atoms with Crippen LogP contribution >= 0.6 is 7.82 Å². The van der Waals surface area contributed by atoms with Gasteiger partial charge in [-0.05, 0) is 23.6 Å². The van der Waals surface area contributed by atoms with Gasteiger partial charge in [-0.15, -0.1) is 0 Å². The zero-order chi connectivity index (χ0) is 15.3. The standard InChI is InChI=1S/C13H19O6P/c1-9(2)11-5-7-12(8-6-11)18-20(15,16)19-17-13(14)10(3)4/h5-10H,1-4H3,(H,15,16). The minimum atomic E-state index is -4.49. The summed E-state index contributed by atoms with van der Waals surface area (Å²) in [6, 6.07) is 6.65. The van der Waals surface area contributed by atoms with E-state index in [1.165, 1.54) is 0 Å². The Morgan fingerprint density at radius 1 is 1.15 bits per heavy atom. The van der Waals surface area contributed by atoms with E-state index < -0.39 is 19.7 Å². The second kappa shape index (κ2) is 6.88. The zero-order valence-electron chi connectivity index (χ0n) is 11.9. The second-order valence-corrected chi connectivity index (χ2v) is 6.18. The summed E-state index contributed by atoms with van der Waals surface area (Å²) >= 11 is 0. The second-order valence-electron chi connectivity index (χ2n) is 4.92.